The molecular formula is C15H22N2O3S. The Hall–Kier alpha value is -1.40. The van der Waals surface area contributed by atoms with Gasteiger partial charge in [0, 0.05) is 12.1 Å². The summed E-state index contributed by atoms with van der Waals surface area (Å²) in [5.74, 6) is 0.479. The molecule has 0 heterocycles. The van der Waals surface area contributed by atoms with E-state index >= 15 is 0 Å². The maximum atomic E-state index is 12.1. The number of nitrogens with one attached hydrogen (secondary N) is 1. The van der Waals surface area contributed by atoms with Crippen LogP contribution in [-0.4, -0.2) is 20.9 Å². The van der Waals surface area contributed by atoms with Crippen molar-refractivity contribution < 1.29 is 13.2 Å². The first-order valence-electron chi connectivity index (χ1n) is 7.21. The topological polar surface area (TPSA) is 89.3 Å². The van der Waals surface area contributed by atoms with E-state index in [0.29, 0.717) is 17.7 Å². The fraction of sp³-hybridized carbons (Fsp3) is 0.533. The van der Waals surface area contributed by atoms with Crippen LogP contribution in [-0.2, 0) is 10.0 Å². The van der Waals surface area contributed by atoms with Gasteiger partial charge in [-0.2, -0.15) is 0 Å². The lowest BCUT2D eigenvalue weighted by molar-refractivity contribution is 0.0948. The molecule has 116 valence electrons. The highest BCUT2D eigenvalue weighted by Crippen LogP contribution is 2.28. The number of primary sulfonamides is 1. The van der Waals surface area contributed by atoms with E-state index in [9.17, 15) is 13.2 Å². The van der Waals surface area contributed by atoms with E-state index in [1.165, 1.54) is 25.3 Å². The molecule has 0 aromatic heterocycles. The number of hydrogen-bond donors (Lipinski definition) is 2. The highest BCUT2D eigenvalue weighted by molar-refractivity contribution is 7.89. The Bertz CT molecular complexity index is 649. The number of rotatable bonds is 5. The number of hydrogen-bond acceptors (Lipinski definition) is 3. The fourth-order valence-electron chi connectivity index (χ4n) is 2.53. The molecule has 3 N–H and O–H groups in total. The Balaban J connectivity index is 2.11. The van der Waals surface area contributed by atoms with Crippen LogP contribution in [0.25, 0.3) is 0 Å². The van der Waals surface area contributed by atoms with Gasteiger partial charge in [0.05, 0.1) is 4.90 Å². The van der Waals surface area contributed by atoms with Crippen molar-refractivity contribution in [3.8, 4) is 0 Å². The number of nitrogens with two attached hydrogens (primary N) is 1. The van der Waals surface area contributed by atoms with Crippen molar-refractivity contribution in [3.05, 3.63) is 28.8 Å². The summed E-state index contributed by atoms with van der Waals surface area (Å²) in [6.07, 6.45) is 4.76. The van der Waals surface area contributed by atoms with Crippen LogP contribution >= 0.6 is 0 Å². The van der Waals surface area contributed by atoms with E-state index in [2.05, 4.69) is 5.32 Å². The molecule has 0 unspecified atom stereocenters. The number of carbonyl (C=O) groups excluding carboxylic acids is 1. The van der Waals surface area contributed by atoms with Crippen molar-refractivity contribution >= 4 is 15.9 Å². The Labute approximate surface area is 126 Å². The predicted octanol–water partition coefficient (Wildman–Crippen LogP) is 1.87. The van der Waals surface area contributed by atoms with Gasteiger partial charge in [0.25, 0.3) is 5.91 Å². The van der Waals surface area contributed by atoms with E-state index < -0.39 is 10.0 Å². The summed E-state index contributed by atoms with van der Waals surface area (Å²) in [6.45, 7) is 4.09. The standard InChI is InChI=1S/C15H22N2O3S/c1-10-8-13(9-14(11(10)2)21(16,19)20)15(18)17-7-6-12-4-3-5-12/h8-9,12H,3-7H2,1-2H3,(H,17,18)(H2,16,19,20). The fourth-order valence-corrected chi connectivity index (χ4v) is 3.41. The third-order valence-corrected chi connectivity index (χ3v) is 5.29. The number of aryl methyl sites for hydroxylation is 1. The van der Waals surface area contributed by atoms with Gasteiger partial charge in [0.15, 0.2) is 0 Å². The first kappa shape index (κ1) is 16.0. The quantitative estimate of drug-likeness (QED) is 0.870. The van der Waals surface area contributed by atoms with Crippen LogP contribution in [0.3, 0.4) is 0 Å². The minimum Gasteiger partial charge on any atom is -0.352 e. The number of amides is 1. The molecule has 0 spiro atoms. The zero-order valence-corrected chi connectivity index (χ0v) is 13.3. The normalized spacial score (nSPS) is 15.6. The summed E-state index contributed by atoms with van der Waals surface area (Å²) in [5, 5.41) is 8.05. The molecule has 0 atom stereocenters. The summed E-state index contributed by atoms with van der Waals surface area (Å²) in [6, 6.07) is 3.05. The van der Waals surface area contributed by atoms with E-state index in [1.807, 2.05) is 0 Å². The molecule has 0 saturated heterocycles. The van der Waals surface area contributed by atoms with Gasteiger partial charge in [-0.25, -0.2) is 13.6 Å². The van der Waals surface area contributed by atoms with Crippen LogP contribution in [0.2, 0.25) is 0 Å². The molecule has 0 aliphatic heterocycles. The molecule has 1 aromatic rings. The van der Waals surface area contributed by atoms with Gasteiger partial charge in [-0.3, -0.25) is 4.79 Å². The van der Waals surface area contributed by atoms with Crippen molar-refractivity contribution in [3.63, 3.8) is 0 Å². The Morgan fingerprint density at radius 2 is 2.00 bits per heavy atom. The van der Waals surface area contributed by atoms with E-state index in [-0.39, 0.29) is 10.8 Å². The average molecular weight is 310 g/mol. The van der Waals surface area contributed by atoms with Crippen LogP contribution in [0.1, 0.15) is 47.2 Å². The van der Waals surface area contributed by atoms with Gasteiger partial charge in [0.2, 0.25) is 10.0 Å². The zero-order chi connectivity index (χ0) is 15.6. The highest BCUT2D eigenvalue weighted by Gasteiger charge is 2.19. The van der Waals surface area contributed by atoms with Crippen LogP contribution in [0.15, 0.2) is 17.0 Å². The SMILES string of the molecule is Cc1cc(C(=O)NCCC2CCC2)cc(S(N)(=O)=O)c1C. The average Bonchev–Trinajstić information content (AvgIpc) is 2.33. The molecule has 0 radical (unpaired) electrons. The molecule has 1 amide bonds. The van der Waals surface area contributed by atoms with Gasteiger partial charge in [-0.15, -0.1) is 0 Å². The van der Waals surface area contributed by atoms with Crippen LogP contribution in [0.5, 0.6) is 0 Å². The summed E-state index contributed by atoms with van der Waals surface area (Å²) in [5.41, 5.74) is 1.67. The molecule has 0 bridgehead atoms. The maximum absolute atomic E-state index is 12.1. The Kier molecular flexibility index (Phi) is 4.68. The molecule has 1 aliphatic rings. The second-order valence-electron chi connectivity index (χ2n) is 5.80. The van der Waals surface area contributed by atoms with Gasteiger partial charge >= 0.3 is 0 Å². The second kappa shape index (κ2) is 6.15. The summed E-state index contributed by atoms with van der Waals surface area (Å²) >= 11 is 0. The van der Waals surface area contributed by atoms with Crippen molar-refractivity contribution in [2.45, 2.75) is 44.4 Å². The minimum absolute atomic E-state index is 0.0200. The summed E-state index contributed by atoms with van der Waals surface area (Å²) in [4.78, 5) is 12.1. The molecule has 1 aliphatic carbocycles. The van der Waals surface area contributed by atoms with E-state index in [4.69, 9.17) is 5.14 Å². The lowest BCUT2D eigenvalue weighted by Crippen LogP contribution is -2.28. The van der Waals surface area contributed by atoms with Gasteiger partial charge in [0.1, 0.15) is 0 Å². The molecule has 2 rings (SSSR count). The molecule has 1 saturated carbocycles. The lowest BCUT2D eigenvalue weighted by Gasteiger charge is -2.25. The second-order valence-corrected chi connectivity index (χ2v) is 7.33. The third-order valence-electron chi connectivity index (χ3n) is 4.25. The first-order chi connectivity index (χ1) is 9.79. The summed E-state index contributed by atoms with van der Waals surface area (Å²) in [7, 11) is -3.82. The van der Waals surface area contributed by atoms with E-state index in [1.54, 1.807) is 19.9 Å². The predicted molar refractivity (Wildman–Crippen MR) is 81.6 cm³/mol. The molecule has 5 nitrogen and oxygen atoms in total. The van der Waals surface area contributed by atoms with Crippen molar-refractivity contribution in [1.29, 1.82) is 0 Å². The van der Waals surface area contributed by atoms with Crippen LogP contribution in [0, 0.1) is 19.8 Å². The van der Waals surface area contributed by atoms with E-state index in [0.717, 1.165) is 17.9 Å². The number of carbonyl (C=O) groups is 1. The zero-order valence-electron chi connectivity index (χ0n) is 12.5. The molecule has 21 heavy (non-hydrogen) atoms. The van der Waals surface area contributed by atoms with Gasteiger partial charge in [-0.05, 0) is 49.4 Å². The Morgan fingerprint density at radius 3 is 2.52 bits per heavy atom. The monoisotopic (exact) mass is 310 g/mol. The molecular weight excluding hydrogens is 288 g/mol. The smallest absolute Gasteiger partial charge is 0.251 e. The summed E-state index contributed by atoms with van der Waals surface area (Å²) < 4.78 is 23.2. The third kappa shape index (κ3) is 3.83. The first-order valence-corrected chi connectivity index (χ1v) is 8.76. The highest BCUT2D eigenvalue weighted by atomic mass is 32.2. The van der Waals surface area contributed by atoms with Gasteiger partial charge in [-0.1, -0.05) is 19.3 Å². The largest absolute Gasteiger partial charge is 0.352 e. The molecule has 1 fully saturated rings. The van der Waals surface area contributed by atoms with Crippen molar-refractivity contribution in [2.24, 2.45) is 11.1 Å². The number of sulfonamides is 1. The minimum atomic E-state index is -3.82. The molecule has 1 aromatic carbocycles. The van der Waals surface area contributed by atoms with Crippen molar-refractivity contribution in [1.82, 2.24) is 5.32 Å². The molecule has 6 heteroatoms. The number of benzene rings is 1. The van der Waals surface area contributed by atoms with Crippen LogP contribution in [0.4, 0.5) is 0 Å². The Morgan fingerprint density at radius 1 is 1.33 bits per heavy atom. The van der Waals surface area contributed by atoms with Crippen molar-refractivity contribution in [2.75, 3.05) is 6.54 Å². The van der Waals surface area contributed by atoms with Gasteiger partial charge < -0.3 is 5.32 Å². The maximum Gasteiger partial charge on any atom is 0.251 e. The van der Waals surface area contributed by atoms with Crippen LogP contribution < -0.4 is 10.5 Å². The lowest BCUT2D eigenvalue weighted by atomic mass is 9.83.